The molecule has 3 fully saturated rings. The van der Waals surface area contributed by atoms with E-state index < -0.39 is 0 Å². The van der Waals surface area contributed by atoms with Crippen LogP contribution in [0.15, 0.2) is 0 Å². The molecule has 3 aliphatic rings. The molecule has 0 amide bonds. The Labute approximate surface area is 149 Å². The third-order valence-corrected chi connectivity index (χ3v) is 7.33. The molecule has 24 heavy (non-hydrogen) atoms. The number of esters is 1. The summed E-state index contributed by atoms with van der Waals surface area (Å²) in [6.07, 6.45) is 19.4. The van der Waals surface area contributed by atoms with Crippen molar-refractivity contribution in [3.05, 3.63) is 0 Å². The van der Waals surface area contributed by atoms with Crippen molar-refractivity contribution in [3.63, 3.8) is 0 Å². The molecule has 0 heterocycles. The first kappa shape index (κ1) is 18.3. The van der Waals surface area contributed by atoms with E-state index in [-0.39, 0.29) is 12.1 Å². The molecule has 0 bridgehead atoms. The highest BCUT2D eigenvalue weighted by Crippen LogP contribution is 2.41. The summed E-state index contributed by atoms with van der Waals surface area (Å²) < 4.78 is 5.83. The molecule has 0 atom stereocenters. The van der Waals surface area contributed by atoms with Crippen LogP contribution >= 0.6 is 0 Å². The fourth-order valence-corrected chi connectivity index (χ4v) is 5.61. The van der Waals surface area contributed by atoms with E-state index in [1.807, 2.05) is 0 Å². The summed E-state index contributed by atoms with van der Waals surface area (Å²) in [7, 11) is 0. The highest BCUT2D eigenvalue weighted by molar-refractivity contribution is 5.69. The molecule has 0 aromatic carbocycles. The highest BCUT2D eigenvalue weighted by atomic mass is 16.5. The van der Waals surface area contributed by atoms with Gasteiger partial charge in [0.1, 0.15) is 6.10 Å². The van der Waals surface area contributed by atoms with Gasteiger partial charge in [-0.2, -0.15) is 0 Å². The third kappa shape index (κ3) is 5.23. The lowest BCUT2D eigenvalue weighted by molar-refractivity contribution is -0.152. The number of hydrogen-bond donors (Lipinski definition) is 0. The van der Waals surface area contributed by atoms with Crippen LogP contribution in [0.4, 0.5) is 0 Å². The van der Waals surface area contributed by atoms with Crippen LogP contribution in [0.2, 0.25) is 0 Å². The van der Waals surface area contributed by atoms with Crippen molar-refractivity contribution in [1.29, 1.82) is 0 Å². The second kappa shape index (κ2) is 9.25. The van der Waals surface area contributed by atoms with Crippen molar-refractivity contribution < 1.29 is 9.53 Å². The summed E-state index contributed by atoms with van der Waals surface area (Å²) >= 11 is 0. The summed E-state index contributed by atoms with van der Waals surface area (Å²) in [5, 5.41) is 0. The van der Waals surface area contributed by atoms with Gasteiger partial charge in [0.25, 0.3) is 0 Å². The van der Waals surface area contributed by atoms with Gasteiger partial charge in [-0.25, -0.2) is 0 Å². The summed E-state index contributed by atoms with van der Waals surface area (Å²) in [5.74, 6) is 3.58. The number of hydrogen-bond acceptors (Lipinski definition) is 2. The monoisotopic (exact) mass is 334 g/mol. The van der Waals surface area contributed by atoms with Crippen molar-refractivity contribution in [1.82, 2.24) is 0 Å². The number of rotatable bonds is 5. The first-order chi connectivity index (χ1) is 11.7. The van der Waals surface area contributed by atoms with Gasteiger partial charge in [0, 0.05) is 6.42 Å². The molecule has 0 radical (unpaired) electrons. The Morgan fingerprint density at radius 2 is 1.33 bits per heavy atom. The van der Waals surface area contributed by atoms with Gasteiger partial charge in [0.05, 0.1) is 0 Å². The molecule has 3 rings (SSSR count). The maximum atomic E-state index is 12.2. The molecule has 0 N–H and O–H groups in total. The number of carbonyl (C=O) groups is 1. The number of carbonyl (C=O) groups excluding carboxylic acids is 1. The average Bonchev–Trinajstić information content (AvgIpc) is 2.63. The van der Waals surface area contributed by atoms with Crippen LogP contribution in [0.25, 0.3) is 0 Å². The van der Waals surface area contributed by atoms with E-state index in [2.05, 4.69) is 6.92 Å². The topological polar surface area (TPSA) is 26.3 Å². The lowest BCUT2D eigenvalue weighted by Gasteiger charge is -2.37. The van der Waals surface area contributed by atoms with E-state index >= 15 is 0 Å². The summed E-state index contributed by atoms with van der Waals surface area (Å²) in [5.41, 5.74) is 0. The molecule has 0 aromatic rings. The Hall–Kier alpha value is -0.530. The van der Waals surface area contributed by atoms with Crippen LogP contribution in [-0.2, 0) is 9.53 Å². The molecular formula is C22H38O2. The molecule has 0 saturated heterocycles. The minimum Gasteiger partial charge on any atom is -0.462 e. The predicted octanol–water partition coefficient (Wildman–Crippen LogP) is 6.28. The van der Waals surface area contributed by atoms with E-state index in [1.165, 1.54) is 77.0 Å². The summed E-state index contributed by atoms with van der Waals surface area (Å²) in [6.45, 7) is 2.35. The molecule has 2 nitrogen and oxygen atoms in total. The molecule has 2 heteroatoms. The molecule has 0 aliphatic heterocycles. The standard InChI is InChI=1S/C22H38O2/c1-2-17-8-10-19(11-9-17)20-12-14-21(15-13-20)24-22(23)16-18-6-4-3-5-7-18/h17-21H,2-16H2,1H3. The van der Waals surface area contributed by atoms with Crippen molar-refractivity contribution in [2.75, 3.05) is 0 Å². The second-order valence-electron chi connectivity index (χ2n) is 8.92. The summed E-state index contributed by atoms with van der Waals surface area (Å²) in [4.78, 5) is 12.2. The lowest BCUT2D eigenvalue weighted by Crippen LogP contribution is -2.30. The third-order valence-electron chi connectivity index (χ3n) is 7.33. The molecule has 0 unspecified atom stereocenters. The SMILES string of the molecule is CCC1CCC(C2CCC(OC(=O)CC3CCCCC3)CC2)CC1. The minimum atomic E-state index is 0.0915. The Kier molecular flexibility index (Phi) is 7.04. The van der Waals surface area contributed by atoms with Crippen LogP contribution in [0.3, 0.4) is 0 Å². The highest BCUT2D eigenvalue weighted by Gasteiger charge is 2.31. The molecular weight excluding hydrogens is 296 g/mol. The smallest absolute Gasteiger partial charge is 0.306 e. The van der Waals surface area contributed by atoms with E-state index in [0.717, 1.165) is 30.6 Å². The fourth-order valence-electron chi connectivity index (χ4n) is 5.61. The van der Waals surface area contributed by atoms with Crippen LogP contribution in [-0.4, -0.2) is 12.1 Å². The Bertz CT molecular complexity index is 369. The van der Waals surface area contributed by atoms with Crippen molar-refractivity contribution in [2.24, 2.45) is 23.7 Å². The molecule has 138 valence electrons. The Morgan fingerprint density at radius 3 is 1.92 bits per heavy atom. The zero-order chi connectivity index (χ0) is 16.8. The van der Waals surface area contributed by atoms with Gasteiger partial charge in [-0.1, -0.05) is 45.4 Å². The Morgan fingerprint density at radius 1 is 0.750 bits per heavy atom. The fraction of sp³-hybridized carbons (Fsp3) is 0.955. The Balaban J connectivity index is 1.33. The zero-order valence-corrected chi connectivity index (χ0v) is 15.8. The zero-order valence-electron chi connectivity index (χ0n) is 15.8. The van der Waals surface area contributed by atoms with Crippen LogP contribution in [0.5, 0.6) is 0 Å². The molecule has 3 aliphatic carbocycles. The van der Waals surface area contributed by atoms with Gasteiger partial charge in [-0.3, -0.25) is 4.79 Å². The maximum absolute atomic E-state index is 12.2. The van der Waals surface area contributed by atoms with Crippen LogP contribution < -0.4 is 0 Å². The van der Waals surface area contributed by atoms with Gasteiger partial charge in [-0.15, -0.1) is 0 Å². The molecule has 3 saturated carbocycles. The molecule has 0 aromatic heterocycles. The first-order valence-corrected chi connectivity index (χ1v) is 10.9. The van der Waals surface area contributed by atoms with E-state index in [0.29, 0.717) is 12.3 Å². The quantitative estimate of drug-likeness (QED) is 0.553. The normalized spacial score (nSPS) is 35.5. The van der Waals surface area contributed by atoms with Crippen LogP contribution in [0, 0.1) is 23.7 Å². The maximum Gasteiger partial charge on any atom is 0.306 e. The van der Waals surface area contributed by atoms with Gasteiger partial charge in [0.15, 0.2) is 0 Å². The summed E-state index contributed by atoms with van der Waals surface area (Å²) in [6, 6.07) is 0. The van der Waals surface area contributed by atoms with Gasteiger partial charge >= 0.3 is 5.97 Å². The van der Waals surface area contributed by atoms with E-state index in [1.54, 1.807) is 0 Å². The largest absolute Gasteiger partial charge is 0.462 e. The van der Waals surface area contributed by atoms with Crippen LogP contribution in [0.1, 0.15) is 103 Å². The predicted molar refractivity (Wildman–Crippen MR) is 98.8 cm³/mol. The van der Waals surface area contributed by atoms with Crippen molar-refractivity contribution >= 4 is 5.97 Å². The second-order valence-corrected chi connectivity index (χ2v) is 8.92. The van der Waals surface area contributed by atoms with E-state index in [4.69, 9.17) is 4.74 Å². The molecule has 0 spiro atoms. The van der Waals surface area contributed by atoms with Gasteiger partial charge in [0.2, 0.25) is 0 Å². The van der Waals surface area contributed by atoms with E-state index in [9.17, 15) is 4.79 Å². The van der Waals surface area contributed by atoms with Gasteiger partial charge < -0.3 is 4.74 Å². The lowest BCUT2D eigenvalue weighted by atomic mass is 9.70. The van der Waals surface area contributed by atoms with Gasteiger partial charge in [-0.05, 0) is 75.0 Å². The van der Waals surface area contributed by atoms with Crippen molar-refractivity contribution in [2.45, 2.75) is 109 Å². The average molecular weight is 335 g/mol. The van der Waals surface area contributed by atoms with Crippen molar-refractivity contribution in [3.8, 4) is 0 Å². The first-order valence-electron chi connectivity index (χ1n) is 10.9. The number of ether oxygens (including phenoxy) is 1. The minimum absolute atomic E-state index is 0.0915.